The SMILES string of the molecule is O=C(OC1CCC(C2CCC(CCC3OCCO3)CC2)CC1)c1ccc(F)cc1. The summed E-state index contributed by atoms with van der Waals surface area (Å²) in [4.78, 5) is 12.2. The Morgan fingerprint density at radius 3 is 2.07 bits per heavy atom. The average Bonchev–Trinajstić information content (AvgIpc) is 3.27. The molecule has 160 valence electrons. The highest BCUT2D eigenvalue weighted by Gasteiger charge is 2.32. The molecule has 0 amide bonds. The molecule has 1 aromatic carbocycles. The molecule has 0 radical (unpaired) electrons. The summed E-state index contributed by atoms with van der Waals surface area (Å²) in [6.45, 7) is 1.50. The van der Waals surface area contributed by atoms with E-state index in [4.69, 9.17) is 14.2 Å². The number of carbonyl (C=O) groups is 1. The number of rotatable bonds is 6. The largest absolute Gasteiger partial charge is 0.459 e. The Hall–Kier alpha value is -1.46. The molecule has 0 N–H and O–H groups in total. The molecular formula is C24H33FO4. The topological polar surface area (TPSA) is 44.8 Å². The van der Waals surface area contributed by atoms with Crippen LogP contribution in [0.15, 0.2) is 24.3 Å². The highest BCUT2D eigenvalue weighted by Crippen LogP contribution is 2.41. The van der Waals surface area contributed by atoms with Crippen molar-refractivity contribution in [2.24, 2.45) is 17.8 Å². The molecular weight excluding hydrogens is 371 g/mol. The van der Waals surface area contributed by atoms with E-state index in [1.807, 2.05) is 0 Å². The van der Waals surface area contributed by atoms with Crippen LogP contribution in [0.1, 0.15) is 74.6 Å². The van der Waals surface area contributed by atoms with Crippen LogP contribution in [0.4, 0.5) is 4.39 Å². The molecule has 1 aromatic rings. The number of ether oxygens (including phenoxy) is 3. The fourth-order valence-electron chi connectivity index (χ4n) is 5.38. The zero-order valence-corrected chi connectivity index (χ0v) is 17.2. The zero-order valence-electron chi connectivity index (χ0n) is 17.2. The lowest BCUT2D eigenvalue weighted by Gasteiger charge is -2.37. The van der Waals surface area contributed by atoms with Gasteiger partial charge in [-0.3, -0.25) is 0 Å². The van der Waals surface area contributed by atoms with E-state index in [2.05, 4.69) is 0 Å². The maximum atomic E-state index is 13.0. The summed E-state index contributed by atoms with van der Waals surface area (Å²) < 4.78 is 29.8. The molecule has 0 unspecified atom stereocenters. The molecule has 0 spiro atoms. The number of hydrogen-bond donors (Lipinski definition) is 0. The monoisotopic (exact) mass is 404 g/mol. The van der Waals surface area contributed by atoms with Crippen LogP contribution in [0.2, 0.25) is 0 Å². The molecule has 29 heavy (non-hydrogen) atoms. The third kappa shape index (κ3) is 5.79. The van der Waals surface area contributed by atoms with Gasteiger partial charge in [0.1, 0.15) is 11.9 Å². The summed E-state index contributed by atoms with van der Waals surface area (Å²) >= 11 is 0. The number of halogens is 1. The van der Waals surface area contributed by atoms with Crippen LogP contribution in [0, 0.1) is 23.6 Å². The molecule has 3 aliphatic rings. The first kappa shape index (κ1) is 20.8. The van der Waals surface area contributed by atoms with Crippen molar-refractivity contribution in [3.05, 3.63) is 35.6 Å². The predicted octanol–water partition coefficient (Wildman–Crippen LogP) is 5.50. The van der Waals surface area contributed by atoms with Crippen molar-refractivity contribution in [3.63, 3.8) is 0 Å². The van der Waals surface area contributed by atoms with Crippen molar-refractivity contribution in [1.29, 1.82) is 0 Å². The average molecular weight is 405 g/mol. The second kappa shape index (κ2) is 10.0. The minimum atomic E-state index is -0.336. The Morgan fingerprint density at radius 2 is 1.45 bits per heavy atom. The van der Waals surface area contributed by atoms with Crippen molar-refractivity contribution in [2.45, 2.75) is 76.6 Å². The van der Waals surface area contributed by atoms with Gasteiger partial charge in [-0.05, 0) is 93.4 Å². The summed E-state index contributed by atoms with van der Waals surface area (Å²) in [5.41, 5.74) is 0.431. The van der Waals surface area contributed by atoms with Gasteiger partial charge < -0.3 is 14.2 Å². The van der Waals surface area contributed by atoms with E-state index in [1.54, 1.807) is 0 Å². The third-order valence-corrected chi connectivity index (χ3v) is 7.13. The highest BCUT2D eigenvalue weighted by molar-refractivity contribution is 5.89. The van der Waals surface area contributed by atoms with Crippen LogP contribution in [-0.2, 0) is 14.2 Å². The van der Waals surface area contributed by atoms with Gasteiger partial charge in [-0.25, -0.2) is 9.18 Å². The quantitative estimate of drug-likeness (QED) is 0.587. The zero-order chi connectivity index (χ0) is 20.1. The number of carbonyl (C=O) groups excluding carboxylic acids is 1. The fourth-order valence-corrected chi connectivity index (χ4v) is 5.38. The first-order valence-corrected chi connectivity index (χ1v) is 11.4. The van der Waals surface area contributed by atoms with E-state index in [0.717, 1.165) is 63.1 Å². The lowest BCUT2D eigenvalue weighted by molar-refractivity contribution is -0.0515. The standard InChI is InChI=1S/C24H33FO4/c25-21-10-6-20(7-11-21)24(26)29-22-12-8-19(9-13-22)18-4-1-17(2-5-18)3-14-23-27-15-16-28-23/h6-7,10-11,17-19,22-23H,1-5,8-9,12-16H2. The van der Waals surface area contributed by atoms with E-state index < -0.39 is 0 Å². The fraction of sp³-hybridized carbons (Fsp3) is 0.708. The Balaban J connectivity index is 1.14. The smallest absolute Gasteiger partial charge is 0.338 e. The molecule has 1 aliphatic heterocycles. The number of benzene rings is 1. The van der Waals surface area contributed by atoms with Crippen LogP contribution in [-0.4, -0.2) is 31.6 Å². The highest BCUT2D eigenvalue weighted by atomic mass is 19.1. The van der Waals surface area contributed by atoms with Crippen LogP contribution in [0.25, 0.3) is 0 Å². The Labute approximate surface area is 173 Å². The van der Waals surface area contributed by atoms with Gasteiger partial charge in [0.25, 0.3) is 0 Å². The molecule has 0 atom stereocenters. The second-order valence-electron chi connectivity index (χ2n) is 8.98. The lowest BCUT2D eigenvalue weighted by Crippen LogP contribution is -2.30. The van der Waals surface area contributed by atoms with Crippen molar-refractivity contribution in [1.82, 2.24) is 0 Å². The minimum absolute atomic E-state index is 0.00607. The molecule has 1 saturated heterocycles. The maximum Gasteiger partial charge on any atom is 0.338 e. The molecule has 2 aliphatic carbocycles. The van der Waals surface area contributed by atoms with Crippen LogP contribution < -0.4 is 0 Å². The van der Waals surface area contributed by atoms with Gasteiger partial charge >= 0.3 is 5.97 Å². The number of hydrogen-bond acceptors (Lipinski definition) is 4. The van der Waals surface area contributed by atoms with Crippen LogP contribution in [0.3, 0.4) is 0 Å². The first-order chi connectivity index (χ1) is 14.2. The Bertz CT molecular complexity index is 639. The Morgan fingerprint density at radius 1 is 0.862 bits per heavy atom. The summed E-state index contributed by atoms with van der Waals surface area (Å²) in [6.07, 6.45) is 11.9. The van der Waals surface area contributed by atoms with Crippen molar-refractivity contribution in [3.8, 4) is 0 Å². The molecule has 0 bridgehead atoms. The van der Waals surface area contributed by atoms with E-state index in [1.165, 1.54) is 56.4 Å². The van der Waals surface area contributed by atoms with E-state index in [0.29, 0.717) is 5.56 Å². The minimum Gasteiger partial charge on any atom is -0.459 e. The van der Waals surface area contributed by atoms with Gasteiger partial charge in [0, 0.05) is 0 Å². The van der Waals surface area contributed by atoms with E-state index >= 15 is 0 Å². The van der Waals surface area contributed by atoms with E-state index in [9.17, 15) is 9.18 Å². The molecule has 3 fully saturated rings. The van der Waals surface area contributed by atoms with Gasteiger partial charge in [-0.2, -0.15) is 0 Å². The maximum absolute atomic E-state index is 13.0. The molecule has 2 saturated carbocycles. The second-order valence-corrected chi connectivity index (χ2v) is 8.98. The van der Waals surface area contributed by atoms with Crippen molar-refractivity contribution in [2.75, 3.05) is 13.2 Å². The van der Waals surface area contributed by atoms with Gasteiger partial charge in [-0.15, -0.1) is 0 Å². The van der Waals surface area contributed by atoms with Gasteiger partial charge in [0.15, 0.2) is 6.29 Å². The molecule has 5 heteroatoms. The summed E-state index contributed by atoms with van der Waals surface area (Å²) in [7, 11) is 0. The molecule has 4 rings (SSSR count). The molecule has 4 nitrogen and oxygen atoms in total. The molecule has 0 aromatic heterocycles. The summed E-state index contributed by atoms with van der Waals surface area (Å²) in [5.74, 6) is 1.77. The van der Waals surface area contributed by atoms with E-state index in [-0.39, 0.29) is 24.2 Å². The van der Waals surface area contributed by atoms with Gasteiger partial charge in [-0.1, -0.05) is 12.8 Å². The van der Waals surface area contributed by atoms with Crippen LogP contribution >= 0.6 is 0 Å². The summed E-state index contributed by atoms with van der Waals surface area (Å²) in [6, 6.07) is 5.59. The predicted molar refractivity (Wildman–Crippen MR) is 108 cm³/mol. The van der Waals surface area contributed by atoms with Crippen molar-refractivity contribution >= 4 is 5.97 Å². The van der Waals surface area contributed by atoms with Gasteiger partial charge in [0.05, 0.1) is 18.8 Å². The molecule has 1 heterocycles. The Kier molecular flexibility index (Phi) is 7.20. The summed E-state index contributed by atoms with van der Waals surface area (Å²) in [5, 5.41) is 0. The normalized spacial score (nSPS) is 30.9. The third-order valence-electron chi connectivity index (χ3n) is 7.13. The van der Waals surface area contributed by atoms with Crippen molar-refractivity contribution < 1.29 is 23.4 Å². The van der Waals surface area contributed by atoms with Gasteiger partial charge in [0.2, 0.25) is 0 Å². The lowest BCUT2D eigenvalue weighted by atomic mass is 9.70. The number of esters is 1. The van der Waals surface area contributed by atoms with Crippen LogP contribution in [0.5, 0.6) is 0 Å². The first-order valence-electron chi connectivity index (χ1n) is 11.4.